The van der Waals surface area contributed by atoms with Gasteiger partial charge in [-0.15, -0.1) is 10.2 Å². The highest BCUT2D eigenvalue weighted by Gasteiger charge is 2.08. The van der Waals surface area contributed by atoms with Crippen molar-refractivity contribution in [3.05, 3.63) is 66.9 Å². The van der Waals surface area contributed by atoms with Gasteiger partial charge in [0.2, 0.25) is 5.88 Å². The van der Waals surface area contributed by atoms with Crippen molar-refractivity contribution in [1.29, 1.82) is 0 Å². The summed E-state index contributed by atoms with van der Waals surface area (Å²) in [5.74, 6) is 1.49. The molecular formula is C20H20N6O. The topological polar surface area (TPSA) is 70.7 Å². The minimum atomic E-state index is 0.499. The van der Waals surface area contributed by atoms with Gasteiger partial charge in [0.05, 0.1) is 25.0 Å². The summed E-state index contributed by atoms with van der Waals surface area (Å²) in [4.78, 5) is 4.41. The van der Waals surface area contributed by atoms with Crippen molar-refractivity contribution >= 4 is 0 Å². The monoisotopic (exact) mass is 360 g/mol. The second-order valence-corrected chi connectivity index (χ2v) is 6.07. The molecule has 3 aromatic heterocycles. The van der Waals surface area contributed by atoms with E-state index in [1.54, 1.807) is 13.2 Å². The number of hydrogen-bond acceptors (Lipinski definition) is 5. The fourth-order valence-electron chi connectivity index (χ4n) is 2.95. The summed E-state index contributed by atoms with van der Waals surface area (Å²) >= 11 is 0. The average molecular weight is 360 g/mol. The Kier molecular flexibility index (Phi) is 4.65. The Balaban J connectivity index is 1.58. The van der Waals surface area contributed by atoms with Crippen LogP contribution in [-0.4, -0.2) is 36.6 Å². The summed E-state index contributed by atoms with van der Waals surface area (Å²) in [5, 5.41) is 13.0. The largest absolute Gasteiger partial charge is 0.480 e. The normalized spacial score (nSPS) is 10.9. The van der Waals surface area contributed by atoms with Crippen LogP contribution in [0.4, 0.5) is 0 Å². The molecular weight excluding hydrogens is 340 g/mol. The maximum atomic E-state index is 5.07. The first kappa shape index (κ1) is 17.0. The van der Waals surface area contributed by atoms with Crippen LogP contribution in [0.3, 0.4) is 0 Å². The number of nitrogens with zero attached hydrogens (tertiary/aromatic N) is 6. The van der Waals surface area contributed by atoms with E-state index >= 15 is 0 Å². The molecule has 0 fully saturated rings. The zero-order valence-electron chi connectivity index (χ0n) is 15.3. The maximum Gasteiger partial charge on any atom is 0.233 e. The number of ether oxygens (including phenoxy) is 1. The van der Waals surface area contributed by atoms with Crippen LogP contribution in [0.25, 0.3) is 22.5 Å². The number of aryl methyl sites for hydroxylation is 1. The molecule has 0 atom stereocenters. The van der Waals surface area contributed by atoms with Crippen molar-refractivity contribution in [3.63, 3.8) is 0 Å². The molecule has 1 aromatic carbocycles. The number of benzene rings is 1. The van der Waals surface area contributed by atoms with E-state index in [-0.39, 0.29) is 0 Å². The smallest absolute Gasteiger partial charge is 0.233 e. The molecule has 0 unspecified atom stereocenters. The van der Waals surface area contributed by atoms with Crippen LogP contribution >= 0.6 is 0 Å². The van der Waals surface area contributed by atoms with Gasteiger partial charge in [-0.3, -0.25) is 4.68 Å². The number of aromatic nitrogens is 6. The number of rotatable bonds is 6. The number of imidazole rings is 1. The molecule has 0 saturated carbocycles. The minimum absolute atomic E-state index is 0.499. The lowest BCUT2D eigenvalue weighted by molar-refractivity contribution is 0.392. The Hall–Kier alpha value is -3.48. The average Bonchev–Trinajstić information content (AvgIpc) is 3.38. The van der Waals surface area contributed by atoms with Gasteiger partial charge >= 0.3 is 0 Å². The molecule has 0 aliphatic carbocycles. The molecule has 7 heteroatoms. The molecule has 0 saturated heterocycles. The quantitative estimate of drug-likeness (QED) is 0.528. The van der Waals surface area contributed by atoms with Crippen LogP contribution in [0.2, 0.25) is 0 Å². The summed E-state index contributed by atoms with van der Waals surface area (Å²) in [6, 6.07) is 13.8. The molecule has 136 valence electrons. The molecule has 27 heavy (non-hydrogen) atoms. The van der Waals surface area contributed by atoms with Gasteiger partial charge in [0.25, 0.3) is 0 Å². The van der Waals surface area contributed by atoms with E-state index in [1.165, 1.54) is 0 Å². The van der Waals surface area contributed by atoms with Crippen LogP contribution in [0.15, 0.2) is 61.1 Å². The van der Waals surface area contributed by atoms with Gasteiger partial charge in [-0.1, -0.05) is 18.2 Å². The summed E-state index contributed by atoms with van der Waals surface area (Å²) in [6.45, 7) is 3.64. The molecule has 4 aromatic rings. The van der Waals surface area contributed by atoms with E-state index in [1.807, 2.05) is 53.6 Å². The Bertz CT molecular complexity index is 1030. The number of hydrogen-bond donors (Lipinski definition) is 0. The van der Waals surface area contributed by atoms with Gasteiger partial charge in [-0.2, -0.15) is 5.10 Å². The summed E-state index contributed by atoms with van der Waals surface area (Å²) in [6.07, 6.45) is 5.78. The first-order chi connectivity index (χ1) is 13.3. The van der Waals surface area contributed by atoms with E-state index in [0.29, 0.717) is 12.4 Å². The van der Waals surface area contributed by atoms with Gasteiger partial charge in [-0.25, -0.2) is 4.98 Å². The van der Waals surface area contributed by atoms with Crippen LogP contribution < -0.4 is 4.74 Å². The molecule has 3 heterocycles. The van der Waals surface area contributed by atoms with E-state index in [4.69, 9.17) is 9.84 Å². The summed E-state index contributed by atoms with van der Waals surface area (Å²) in [7, 11) is 1.58. The molecule has 0 spiro atoms. The molecule has 0 aliphatic heterocycles. The number of methoxy groups -OCH3 is 1. The zero-order chi connectivity index (χ0) is 18.6. The fraction of sp³-hybridized carbons (Fsp3) is 0.200. The van der Waals surface area contributed by atoms with Crippen molar-refractivity contribution in [2.75, 3.05) is 7.11 Å². The molecule has 0 aliphatic rings. The molecule has 7 nitrogen and oxygen atoms in total. The van der Waals surface area contributed by atoms with Crippen molar-refractivity contribution < 1.29 is 4.74 Å². The highest BCUT2D eigenvalue weighted by Crippen LogP contribution is 2.24. The van der Waals surface area contributed by atoms with Gasteiger partial charge in [0.1, 0.15) is 5.82 Å². The highest BCUT2D eigenvalue weighted by atomic mass is 16.5. The third kappa shape index (κ3) is 3.57. The van der Waals surface area contributed by atoms with Crippen LogP contribution in [0, 0.1) is 0 Å². The van der Waals surface area contributed by atoms with E-state index in [2.05, 4.69) is 32.7 Å². The van der Waals surface area contributed by atoms with Crippen LogP contribution in [-0.2, 0) is 13.1 Å². The standard InChI is InChI=1S/C20H20N6O/c1-3-25-12-10-21-19(25)14-26-11-9-18(24-26)16-6-4-5-15(13-16)17-7-8-20(27-2)23-22-17/h4-13H,3,14H2,1-2H3. The third-order valence-corrected chi connectivity index (χ3v) is 4.39. The fourth-order valence-corrected chi connectivity index (χ4v) is 2.95. The van der Waals surface area contributed by atoms with Crippen molar-refractivity contribution in [1.82, 2.24) is 29.5 Å². The lowest BCUT2D eigenvalue weighted by atomic mass is 10.1. The summed E-state index contributed by atoms with van der Waals surface area (Å²) < 4.78 is 9.09. The van der Waals surface area contributed by atoms with Gasteiger partial charge < -0.3 is 9.30 Å². The van der Waals surface area contributed by atoms with E-state index in [0.717, 1.165) is 34.9 Å². The van der Waals surface area contributed by atoms with E-state index in [9.17, 15) is 0 Å². The first-order valence-electron chi connectivity index (χ1n) is 8.79. The Labute approximate surface area is 157 Å². The molecule has 4 rings (SSSR count). The predicted octanol–water partition coefficient (Wildman–Crippen LogP) is 3.28. The lowest BCUT2D eigenvalue weighted by Crippen LogP contribution is -2.08. The zero-order valence-corrected chi connectivity index (χ0v) is 15.3. The van der Waals surface area contributed by atoms with Crippen molar-refractivity contribution in [2.24, 2.45) is 0 Å². The SMILES string of the molecule is CCn1ccnc1Cn1ccc(-c2cccc(-c3ccc(OC)nn3)c2)n1. The van der Waals surface area contributed by atoms with Crippen molar-refractivity contribution in [3.8, 4) is 28.4 Å². The third-order valence-electron chi connectivity index (χ3n) is 4.39. The van der Waals surface area contributed by atoms with Gasteiger partial charge in [0, 0.05) is 42.3 Å². The second kappa shape index (κ2) is 7.41. The van der Waals surface area contributed by atoms with Crippen molar-refractivity contribution in [2.45, 2.75) is 20.0 Å². The first-order valence-corrected chi connectivity index (χ1v) is 8.79. The van der Waals surface area contributed by atoms with Crippen LogP contribution in [0.5, 0.6) is 5.88 Å². The highest BCUT2D eigenvalue weighted by molar-refractivity contribution is 5.69. The predicted molar refractivity (Wildman–Crippen MR) is 102 cm³/mol. The maximum absolute atomic E-state index is 5.07. The van der Waals surface area contributed by atoms with Crippen LogP contribution in [0.1, 0.15) is 12.7 Å². The molecule has 0 radical (unpaired) electrons. The van der Waals surface area contributed by atoms with Gasteiger partial charge in [0.15, 0.2) is 0 Å². The molecule has 0 bridgehead atoms. The lowest BCUT2D eigenvalue weighted by Gasteiger charge is -2.05. The Morgan fingerprint density at radius 2 is 1.81 bits per heavy atom. The molecule has 0 amide bonds. The van der Waals surface area contributed by atoms with E-state index < -0.39 is 0 Å². The minimum Gasteiger partial charge on any atom is -0.480 e. The van der Waals surface area contributed by atoms with Gasteiger partial charge in [-0.05, 0) is 25.1 Å². The second-order valence-electron chi connectivity index (χ2n) is 6.07. The Morgan fingerprint density at radius 3 is 2.56 bits per heavy atom. The summed E-state index contributed by atoms with van der Waals surface area (Å²) in [5.41, 5.74) is 3.72. The molecule has 0 N–H and O–H groups in total. The Morgan fingerprint density at radius 1 is 0.963 bits per heavy atom.